The summed E-state index contributed by atoms with van der Waals surface area (Å²) in [5.74, 6) is -0.816. The Morgan fingerprint density at radius 1 is 0.860 bits per heavy atom. The molecular formula is C42H49N7O8. The first kappa shape index (κ1) is 41.6. The lowest BCUT2D eigenvalue weighted by Crippen LogP contribution is -2.54. The Bertz CT molecular complexity index is 2060. The third-order valence-electron chi connectivity index (χ3n) is 9.54. The first-order valence-electron chi connectivity index (χ1n) is 18.8. The Kier molecular flexibility index (Phi) is 14.5. The van der Waals surface area contributed by atoms with Crippen molar-refractivity contribution in [1.29, 1.82) is 0 Å². The van der Waals surface area contributed by atoms with Gasteiger partial charge in [-0.25, -0.2) is 9.97 Å². The molecule has 0 fully saturated rings. The molecule has 4 bridgehead atoms. The molecule has 0 unspecified atom stereocenters. The number of fused-ring (bicyclic) bond motifs is 18. The molecule has 0 saturated carbocycles. The third kappa shape index (κ3) is 11.3. The lowest BCUT2D eigenvalue weighted by Gasteiger charge is -2.26. The summed E-state index contributed by atoms with van der Waals surface area (Å²) in [5.41, 5.74) is 3.15. The van der Waals surface area contributed by atoms with Gasteiger partial charge in [-0.3, -0.25) is 24.0 Å². The molecule has 2 aliphatic heterocycles. The van der Waals surface area contributed by atoms with E-state index in [-0.39, 0.29) is 44.1 Å². The largest absolute Gasteiger partial charge is 0.496 e. The van der Waals surface area contributed by atoms with Crippen molar-refractivity contribution in [1.82, 2.24) is 36.1 Å². The molecule has 0 saturated heterocycles. The van der Waals surface area contributed by atoms with E-state index >= 15 is 0 Å². The zero-order valence-corrected chi connectivity index (χ0v) is 32.8. The number of aryl methyl sites for hydroxylation is 3. The van der Waals surface area contributed by atoms with Crippen LogP contribution in [0.4, 0.5) is 0 Å². The van der Waals surface area contributed by atoms with Crippen molar-refractivity contribution in [2.45, 2.75) is 65.1 Å². The highest BCUT2D eigenvalue weighted by molar-refractivity contribution is 5.99. The van der Waals surface area contributed by atoms with Gasteiger partial charge >= 0.3 is 0 Å². The molecule has 1 aromatic heterocycles. The molecule has 0 spiro atoms. The van der Waals surface area contributed by atoms with E-state index in [9.17, 15) is 24.0 Å². The smallest absolute Gasteiger partial charge is 0.258 e. The van der Waals surface area contributed by atoms with Crippen molar-refractivity contribution in [3.8, 4) is 23.0 Å². The second kappa shape index (κ2) is 19.9. The summed E-state index contributed by atoms with van der Waals surface area (Å²) in [6.07, 6.45) is 2.98. The van der Waals surface area contributed by atoms with Crippen LogP contribution >= 0.6 is 0 Å². The Morgan fingerprint density at radius 2 is 1.60 bits per heavy atom. The zero-order valence-electron chi connectivity index (χ0n) is 32.8. The van der Waals surface area contributed by atoms with E-state index in [1.807, 2.05) is 30.3 Å². The fraction of sp³-hybridized carbons (Fsp3) is 0.357. The maximum absolute atomic E-state index is 14.0. The van der Waals surface area contributed by atoms with Crippen LogP contribution in [0.25, 0.3) is 0 Å². The molecule has 2 atom stereocenters. The van der Waals surface area contributed by atoms with Crippen LogP contribution in [-0.2, 0) is 27.3 Å². The number of nitrogens with zero attached hydrogens (tertiary/aromatic N) is 3. The van der Waals surface area contributed by atoms with Crippen LogP contribution in [0.15, 0.2) is 73.1 Å². The maximum atomic E-state index is 14.0. The molecule has 4 aromatic rings. The minimum absolute atomic E-state index is 0.0743. The first-order chi connectivity index (χ1) is 27.5. The molecule has 6 rings (SSSR count). The highest BCUT2D eigenvalue weighted by Gasteiger charge is 2.28. The lowest BCUT2D eigenvalue weighted by molar-refractivity contribution is -0.132. The average Bonchev–Trinajstić information content (AvgIpc) is 3.20. The minimum Gasteiger partial charge on any atom is -0.496 e. The fourth-order valence-electron chi connectivity index (χ4n) is 6.36. The van der Waals surface area contributed by atoms with Gasteiger partial charge in [-0.15, -0.1) is 0 Å². The number of methoxy groups -OCH3 is 2. The van der Waals surface area contributed by atoms with E-state index < -0.39 is 35.7 Å². The number of rotatable bonds is 6. The Morgan fingerprint density at radius 3 is 2.32 bits per heavy atom. The number of nitrogens with one attached hydrogen (secondary N) is 4. The normalized spacial score (nSPS) is 17.5. The SMILES string of the molecule is COc1cc2ccc1CNC(=O)[C@H](C)NC(=O)[C@H](CCc1ccccc1)NC(=O)CN(C(=O)c1c(C)ncnc1C)CCCCNC(=O)c1ccc(OC)c(c1)O2. The molecule has 2 aliphatic rings. The Labute approximate surface area is 331 Å². The molecule has 300 valence electrons. The molecule has 5 amide bonds. The van der Waals surface area contributed by atoms with Crippen molar-refractivity contribution in [2.24, 2.45) is 0 Å². The van der Waals surface area contributed by atoms with Gasteiger partial charge in [0.15, 0.2) is 11.5 Å². The van der Waals surface area contributed by atoms with Crippen molar-refractivity contribution < 1.29 is 38.2 Å². The third-order valence-corrected chi connectivity index (χ3v) is 9.54. The molecule has 15 heteroatoms. The van der Waals surface area contributed by atoms with Gasteiger partial charge in [0.2, 0.25) is 17.7 Å². The Balaban J connectivity index is 1.43. The highest BCUT2D eigenvalue weighted by atomic mass is 16.5. The van der Waals surface area contributed by atoms with Crippen LogP contribution in [0.3, 0.4) is 0 Å². The van der Waals surface area contributed by atoms with Gasteiger partial charge in [-0.1, -0.05) is 30.3 Å². The van der Waals surface area contributed by atoms with Crippen LogP contribution < -0.4 is 35.5 Å². The van der Waals surface area contributed by atoms with Gasteiger partial charge in [-0.05, 0) is 82.3 Å². The summed E-state index contributed by atoms with van der Waals surface area (Å²) < 4.78 is 17.2. The Hall–Kier alpha value is -6.51. The lowest BCUT2D eigenvalue weighted by atomic mass is 10.0. The molecule has 0 aliphatic carbocycles. The molecule has 0 radical (unpaired) electrons. The van der Waals surface area contributed by atoms with E-state index in [1.54, 1.807) is 57.2 Å². The topological polar surface area (TPSA) is 190 Å². The maximum Gasteiger partial charge on any atom is 0.258 e. The minimum atomic E-state index is -1.03. The van der Waals surface area contributed by atoms with Crippen LogP contribution in [-0.4, -0.2) is 90.3 Å². The van der Waals surface area contributed by atoms with Crippen molar-refractivity contribution in [3.05, 3.63) is 107 Å². The molecule has 3 heterocycles. The fourth-order valence-corrected chi connectivity index (χ4v) is 6.36. The molecule has 15 nitrogen and oxygen atoms in total. The van der Waals surface area contributed by atoms with Gasteiger partial charge in [0.05, 0.1) is 37.7 Å². The van der Waals surface area contributed by atoms with Gasteiger partial charge in [0.1, 0.15) is 29.9 Å². The number of aromatic nitrogens is 2. The summed E-state index contributed by atoms with van der Waals surface area (Å²) in [4.78, 5) is 77.8. The van der Waals surface area contributed by atoms with Crippen molar-refractivity contribution >= 4 is 29.5 Å². The van der Waals surface area contributed by atoms with Gasteiger partial charge in [-0.2, -0.15) is 0 Å². The monoisotopic (exact) mass is 779 g/mol. The van der Waals surface area contributed by atoms with Crippen LogP contribution in [0, 0.1) is 13.8 Å². The van der Waals surface area contributed by atoms with Crippen LogP contribution in [0.5, 0.6) is 23.0 Å². The second-order valence-corrected chi connectivity index (χ2v) is 13.6. The van der Waals surface area contributed by atoms with E-state index in [1.165, 1.54) is 25.4 Å². The molecule has 57 heavy (non-hydrogen) atoms. The number of ether oxygens (including phenoxy) is 3. The number of benzene rings is 3. The number of hydrogen-bond donors (Lipinski definition) is 4. The van der Waals surface area contributed by atoms with Crippen LogP contribution in [0.1, 0.15) is 69.4 Å². The van der Waals surface area contributed by atoms with Gasteiger partial charge < -0.3 is 40.4 Å². The molecule has 3 aromatic carbocycles. The van der Waals surface area contributed by atoms with E-state index in [2.05, 4.69) is 31.2 Å². The predicted octanol–water partition coefficient (Wildman–Crippen LogP) is 3.81. The summed E-state index contributed by atoms with van der Waals surface area (Å²) in [5, 5.41) is 11.3. The molecule has 4 N–H and O–H groups in total. The van der Waals surface area contributed by atoms with E-state index in [0.717, 1.165) is 5.56 Å². The number of carbonyl (C=O) groups excluding carboxylic acids is 5. The first-order valence-corrected chi connectivity index (χ1v) is 18.8. The van der Waals surface area contributed by atoms with Crippen molar-refractivity contribution in [3.63, 3.8) is 0 Å². The predicted molar refractivity (Wildman–Crippen MR) is 211 cm³/mol. The summed E-state index contributed by atoms with van der Waals surface area (Å²) >= 11 is 0. The zero-order chi connectivity index (χ0) is 40.9. The van der Waals surface area contributed by atoms with Crippen LogP contribution in [0.2, 0.25) is 0 Å². The van der Waals surface area contributed by atoms with Gasteiger partial charge in [0.25, 0.3) is 11.8 Å². The number of carbonyl (C=O) groups is 5. The highest BCUT2D eigenvalue weighted by Crippen LogP contribution is 2.35. The quantitative estimate of drug-likeness (QED) is 0.210. The van der Waals surface area contributed by atoms with E-state index in [0.29, 0.717) is 64.8 Å². The average molecular weight is 780 g/mol. The van der Waals surface area contributed by atoms with E-state index in [4.69, 9.17) is 14.2 Å². The number of hydrogen-bond acceptors (Lipinski definition) is 10. The second-order valence-electron chi connectivity index (χ2n) is 13.6. The standard InChI is InChI=1S/C42H49N7O8/c1-26-38(27(2)46-25-45-26)42(54)49-20-10-9-19-43-40(52)30-15-18-34(55-4)36(21-30)57-32-16-14-31(35(22-32)56-5)23-44-39(51)28(3)47-41(53)33(48-37(50)24-49)17-13-29-11-7-6-8-12-29/h6-8,11-12,14-16,18,21-22,25,28,33H,9-10,13,17,19-20,23-24H2,1-5H3,(H,43,52)(H,44,51)(H,47,53)(H,48,50)/t28-,33-/m0/s1. The molecular weight excluding hydrogens is 731 g/mol. The van der Waals surface area contributed by atoms with Crippen molar-refractivity contribution in [2.75, 3.05) is 33.9 Å². The van der Waals surface area contributed by atoms with Gasteiger partial charge in [0, 0.05) is 36.8 Å². The number of amides is 5. The summed E-state index contributed by atoms with van der Waals surface area (Å²) in [6.45, 7) is 5.11. The summed E-state index contributed by atoms with van der Waals surface area (Å²) in [6, 6.07) is 17.4. The summed E-state index contributed by atoms with van der Waals surface area (Å²) in [7, 11) is 2.99.